The first-order valence-corrected chi connectivity index (χ1v) is 6.96. The van der Waals surface area contributed by atoms with Crippen molar-refractivity contribution < 1.29 is 0 Å². The highest BCUT2D eigenvalue weighted by Crippen LogP contribution is 2.23. The van der Waals surface area contributed by atoms with Gasteiger partial charge in [0.15, 0.2) is 0 Å². The minimum atomic E-state index is 0.703. The fourth-order valence-corrected chi connectivity index (χ4v) is 2.46. The fourth-order valence-electron chi connectivity index (χ4n) is 1.41. The summed E-state index contributed by atoms with van der Waals surface area (Å²) in [5.41, 5.74) is 1.43. The molecule has 0 spiro atoms. The average molecular weight is 258 g/mol. The molecule has 0 amide bonds. The van der Waals surface area contributed by atoms with E-state index in [1.54, 1.807) is 11.3 Å². The van der Waals surface area contributed by atoms with Crippen molar-refractivity contribution in [2.45, 2.75) is 27.2 Å². The monoisotopic (exact) mass is 257 g/mol. The van der Waals surface area contributed by atoms with Gasteiger partial charge in [-0.1, -0.05) is 37.9 Å². The Morgan fingerprint density at radius 2 is 2.25 bits per heavy atom. The van der Waals surface area contributed by atoms with Gasteiger partial charge < -0.3 is 5.32 Å². The molecule has 1 aromatic heterocycles. The zero-order chi connectivity index (χ0) is 12.0. The molecule has 90 valence electrons. The summed E-state index contributed by atoms with van der Waals surface area (Å²) in [6.45, 7) is 8.69. The maximum atomic E-state index is 5.91. The van der Waals surface area contributed by atoms with E-state index in [0.29, 0.717) is 5.92 Å². The zero-order valence-electron chi connectivity index (χ0n) is 10.2. The van der Waals surface area contributed by atoms with E-state index in [1.165, 1.54) is 10.5 Å². The summed E-state index contributed by atoms with van der Waals surface area (Å²) in [5.74, 6) is 0.703. The van der Waals surface area contributed by atoms with Crippen LogP contribution < -0.4 is 5.32 Å². The van der Waals surface area contributed by atoms with Crippen LogP contribution in [0.25, 0.3) is 6.08 Å². The van der Waals surface area contributed by atoms with E-state index >= 15 is 0 Å². The molecule has 1 rings (SSSR count). The van der Waals surface area contributed by atoms with Gasteiger partial charge in [0.1, 0.15) is 0 Å². The number of hydrogen-bond acceptors (Lipinski definition) is 2. The van der Waals surface area contributed by atoms with Crippen LogP contribution in [0.4, 0.5) is 0 Å². The van der Waals surface area contributed by atoms with Gasteiger partial charge in [0, 0.05) is 11.4 Å². The van der Waals surface area contributed by atoms with E-state index < -0.39 is 0 Å². The second-order valence-electron chi connectivity index (χ2n) is 4.32. The van der Waals surface area contributed by atoms with E-state index in [4.69, 9.17) is 11.6 Å². The average Bonchev–Trinajstić information content (AvgIpc) is 2.62. The van der Waals surface area contributed by atoms with Gasteiger partial charge in [0.05, 0.1) is 4.34 Å². The largest absolute Gasteiger partial charge is 0.313 e. The van der Waals surface area contributed by atoms with E-state index in [1.807, 2.05) is 6.07 Å². The van der Waals surface area contributed by atoms with Crippen molar-refractivity contribution in [3.8, 4) is 0 Å². The lowest BCUT2D eigenvalue weighted by Gasteiger charge is -2.09. The maximum Gasteiger partial charge on any atom is 0.0934 e. The first-order chi connectivity index (χ1) is 7.61. The Morgan fingerprint density at radius 1 is 1.50 bits per heavy atom. The van der Waals surface area contributed by atoms with Crippen LogP contribution in [0.3, 0.4) is 0 Å². The second kappa shape index (κ2) is 7.10. The Hall–Kier alpha value is -0.310. The Balaban J connectivity index is 2.50. The van der Waals surface area contributed by atoms with Crippen molar-refractivity contribution in [3.63, 3.8) is 0 Å². The minimum absolute atomic E-state index is 0.703. The summed E-state index contributed by atoms with van der Waals surface area (Å²) < 4.78 is 0.858. The van der Waals surface area contributed by atoms with Gasteiger partial charge >= 0.3 is 0 Å². The zero-order valence-corrected chi connectivity index (χ0v) is 11.8. The predicted molar refractivity (Wildman–Crippen MR) is 75.3 cm³/mol. The predicted octanol–water partition coefficient (Wildman–Crippen LogP) is 4.44. The van der Waals surface area contributed by atoms with Crippen LogP contribution in [-0.4, -0.2) is 13.1 Å². The molecule has 1 heterocycles. The summed E-state index contributed by atoms with van der Waals surface area (Å²) in [5, 5.41) is 3.47. The third kappa shape index (κ3) is 5.15. The van der Waals surface area contributed by atoms with Gasteiger partial charge in [0.2, 0.25) is 0 Å². The topological polar surface area (TPSA) is 12.0 Å². The lowest BCUT2D eigenvalue weighted by molar-refractivity contribution is 0.569. The number of rotatable bonds is 6. The Bertz CT molecular complexity index is 341. The highest BCUT2D eigenvalue weighted by Gasteiger charge is 1.99. The summed E-state index contributed by atoms with van der Waals surface area (Å²) >= 11 is 7.54. The lowest BCUT2D eigenvalue weighted by atomic mass is 10.1. The smallest absolute Gasteiger partial charge is 0.0934 e. The molecule has 0 saturated heterocycles. The fraction of sp³-hybridized carbons (Fsp3) is 0.538. The van der Waals surface area contributed by atoms with Crippen molar-refractivity contribution in [3.05, 3.63) is 26.9 Å². The summed E-state index contributed by atoms with van der Waals surface area (Å²) in [4.78, 5) is 1.24. The van der Waals surface area contributed by atoms with Gasteiger partial charge in [-0.3, -0.25) is 0 Å². The van der Waals surface area contributed by atoms with Crippen LogP contribution in [0.5, 0.6) is 0 Å². The molecule has 0 unspecified atom stereocenters. The van der Waals surface area contributed by atoms with Gasteiger partial charge in [-0.05, 0) is 37.1 Å². The highest BCUT2D eigenvalue weighted by atomic mass is 35.5. The van der Waals surface area contributed by atoms with Crippen molar-refractivity contribution >= 4 is 29.0 Å². The van der Waals surface area contributed by atoms with E-state index in [0.717, 1.165) is 23.8 Å². The minimum Gasteiger partial charge on any atom is -0.313 e. The molecule has 1 nitrogen and oxygen atoms in total. The van der Waals surface area contributed by atoms with Crippen LogP contribution in [0.2, 0.25) is 4.34 Å². The quantitative estimate of drug-likeness (QED) is 0.795. The van der Waals surface area contributed by atoms with Crippen LogP contribution >= 0.6 is 22.9 Å². The molecule has 0 saturated carbocycles. The van der Waals surface area contributed by atoms with Crippen molar-refractivity contribution in [1.82, 2.24) is 5.32 Å². The van der Waals surface area contributed by atoms with Crippen molar-refractivity contribution in [2.75, 3.05) is 13.1 Å². The molecule has 0 aliphatic heterocycles. The Kier molecular flexibility index (Phi) is 6.10. The number of nitrogens with one attached hydrogen (secondary N) is 1. The van der Waals surface area contributed by atoms with Crippen molar-refractivity contribution in [1.29, 1.82) is 0 Å². The number of halogens is 1. The Labute approximate surface area is 108 Å². The second-order valence-corrected chi connectivity index (χ2v) is 6.07. The molecule has 16 heavy (non-hydrogen) atoms. The standard InChI is InChI=1S/C13H20ClNS/c1-4-11(9-15-8-10(2)3)7-12-5-6-13(14)16-12/h5-7,10,15H,4,8-9H2,1-3H3. The molecule has 0 fully saturated rings. The Morgan fingerprint density at radius 3 is 2.75 bits per heavy atom. The van der Waals surface area contributed by atoms with Gasteiger partial charge in [-0.25, -0.2) is 0 Å². The first-order valence-electron chi connectivity index (χ1n) is 5.77. The molecule has 0 bridgehead atoms. The van der Waals surface area contributed by atoms with E-state index in [2.05, 4.69) is 38.2 Å². The van der Waals surface area contributed by atoms with Gasteiger partial charge in [-0.2, -0.15) is 0 Å². The molecular weight excluding hydrogens is 238 g/mol. The molecular formula is C13H20ClNS. The summed E-state index contributed by atoms with van der Waals surface area (Å²) in [6.07, 6.45) is 3.32. The molecule has 1 aromatic rings. The third-order valence-corrected chi connectivity index (χ3v) is 3.48. The summed E-state index contributed by atoms with van der Waals surface area (Å²) in [7, 11) is 0. The molecule has 1 N–H and O–H groups in total. The maximum absolute atomic E-state index is 5.91. The van der Waals surface area contributed by atoms with E-state index in [9.17, 15) is 0 Å². The van der Waals surface area contributed by atoms with Crippen LogP contribution in [0, 0.1) is 5.92 Å². The molecule has 0 radical (unpaired) electrons. The third-order valence-electron chi connectivity index (χ3n) is 2.30. The lowest BCUT2D eigenvalue weighted by Crippen LogP contribution is -2.21. The van der Waals surface area contributed by atoms with Gasteiger partial charge in [-0.15, -0.1) is 11.3 Å². The first kappa shape index (κ1) is 13.8. The SMILES string of the molecule is CCC(=Cc1ccc(Cl)s1)CNCC(C)C. The van der Waals surface area contributed by atoms with Gasteiger partial charge in [0.25, 0.3) is 0 Å². The number of hydrogen-bond donors (Lipinski definition) is 1. The molecule has 3 heteroatoms. The van der Waals surface area contributed by atoms with E-state index in [-0.39, 0.29) is 0 Å². The molecule has 0 aliphatic carbocycles. The van der Waals surface area contributed by atoms with Crippen LogP contribution in [0.15, 0.2) is 17.7 Å². The normalized spacial score (nSPS) is 12.4. The van der Waals surface area contributed by atoms with Crippen molar-refractivity contribution in [2.24, 2.45) is 5.92 Å². The molecule has 0 atom stereocenters. The van der Waals surface area contributed by atoms with Crippen LogP contribution in [-0.2, 0) is 0 Å². The van der Waals surface area contributed by atoms with Crippen LogP contribution in [0.1, 0.15) is 32.1 Å². The number of thiophene rings is 1. The highest BCUT2D eigenvalue weighted by molar-refractivity contribution is 7.17. The molecule has 0 aliphatic rings. The summed E-state index contributed by atoms with van der Waals surface area (Å²) in [6, 6.07) is 4.03. The molecule has 0 aromatic carbocycles.